The van der Waals surface area contributed by atoms with Gasteiger partial charge in [-0.2, -0.15) is 0 Å². The SMILES string of the molecule is O=C(COc1ccc(Cl)cc1Cl)N1CCC(CO)CC1. The summed E-state index contributed by atoms with van der Waals surface area (Å²) < 4.78 is 5.43. The highest BCUT2D eigenvalue weighted by molar-refractivity contribution is 6.35. The van der Waals surface area contributed by atoms with Gasteiger partial charge in [-0.05, 0) is 37.0 Å². The lowest BCUT2D eigenvalue weighted by atomic mass is 9.98. The van der Waals surface area contributed by atoms with Gasteiger partial charge in [-0.3, -0.25) is 4.79 Å². The molecule has 1 aliphatic rings. The van der Waals surface area contributed by atoms with Crippen molar-refractivity contribution in [2.24, 2.45) is 5.92 Å². The summed E-state index contributed by atoms with van der Waals surface area (Å²) in [6.45, 7) is 1.49. The molecule has 1 aromatic rings. The van der Waals surface area contributed by atoms with Crippen LogP contribution < -0.4 is 4.74 Å². The van der Waals surface area contributed by atoms with Crippen LogP contribution in [0.15, 0.2) is 18.2 Å². The molecule has 0 aliphatic carbocycles. The Morgan fingerprint density at radius 2 is 2.05 bits per heavy atom. The maximum atomic E-state index is 12.0. The third-order valence-electron chi connectivity index (χ3n) is 3.47. The van der Waals surface area contributed by atoms with Crippen LogP contribution in [0, 0.1) is 5.92 Å². The Hall–Kier alpha value is -0.970. The van der Waals surface area contributed by atoms with Crippen molar-refractivity contribution in [3.05, 3.63) is 28.2 Å². The number of ether oxygens (including phenoxy) is 1. The zero-order chi connectivity index (χ0) is 14.5. The summed E-state index contributed by atoms with van der Waals surface area (Å²) in [5.41, 5.74) is 0. The third kappa shape index (κ3) is 4.01. The third-order valence-corrected chi connectivity index (χ3v) is 4.00. The first kappa shape index (κ1) is 15.4. The molecule has 1 amide bonds. The molecule has 0 unspecified atom stereocenters. The van der Waals surface area contributed by atoms with Gasteiger partial charge in [0.2, 0.25) is 0 Å². The number of hydrogen-bond acceptors (Lipinski definition) is 3. The molecule has 0 atom stereocenters. The number of aliphatic hydroxyl groups excluding tert-OH is 1. The van der Waals surface area contributed by atoms with Crippen molar-refractivity contribution in [2.45, 2.75) is 12.8 Å². The largest absolute Gasteiger partial charge is 0.482 e. The zero-order valence-electron chi connectivity index (χ0n) is 11.0. The van der Waals surface area contributed by atoms with Crippen LogP contribution in [0.2, 0.25) is 10.0 Å². The Morgan fingerprint density at radius 1 is 1.35 bits per heavy atom. The average molecular weight is 318 g/mol. The zero-order valence-corrected chi connectivity index (χ0v) is 12.5. The monoisotopic (exact) mass is 317 g/mol. The highest BCUT2D eigenvalue weighted by atomic mass is 35.5. The fourth-order valence-electron chi connectivity index (χ4n) is 2.19. The van der Waals surface area contributed by atoms with Crippen LogP contribution in [0.3, 0.4) is 0 Å². The lowest BCUT2D eigenvalue weighted by Gasteiger charge is -2.31. The molecule has 0 bridgehead atoms. The van der Waals surface area contributed by atoms with Gasteiger partial charge in [0.25, 0.3) is 5.91 Å². The molecular formula is C14H17Cl2NO3. The van der Waals surface area contributed by atoms with Crippen molar-refractivity contribution in [1.29, 1.82) is 0 Å². The number of hydrogen-bond donors (Lipinski definition) is 1. The van der Waals surface area contributed by atoms with E-state index in [1.807, 2.05) is 0 Å². The predicted molar refractivity (Wildman–Crippen MR) is 78.3 cm³/mol. The molecule has 2 rings (SSSR count). The van der Waals surface area contributed by atoms with E-state index in [9.17, 15) is 4.79 Å². The molecular weight excluding hydrogens is 301 g/mol. The van der Waals surface area contributed by atoms with E-state index < -0.39 is 0 Å². The predicted octanol–water partition coefficient (Wildman–Crippen LogP) is 2.60. The van der Waals surface area contributed by atoms with Crippen molar-refractivity contribution in [1.82, 2.24) is 4.90 Å². The number of likely N-dealkylation sites (tertiary alicyclic amines) is 1. The highest BCUT2D eigenvalue weighted by Gasteiger charge is 2.22. The van der Waals surface area contributed by atoms with Gasteiger partial charge in [-0.25, -0.2) is 0 Å². The Labute approximate surface area is 128 Å². The summed E-state index contributed by atoms with van der Waals surface area (Å²) >= 11 is 11.8. The number of amides is 1. The van der Waals surface area contributed by atoms with Gasteiger partial charge in [0, 0.05) is 24.7 Å². The number of rotatable bonds is 4. The summed E-state index contributed by atoms with van der Waals surface area (Å²) in [4.78, 5) is 13.8. The molecule has 0 saturated carbocycles. The number of aliphatic hydroxyl groups is 1. The molecule has 4 nitrogen and oxygen atoms in total. The first-order valence-electron chi connectivity index (χ1n) is 6.56. The van der Waals surface area contributed by atoms with Crippen molar-refractivity contribution < 1.29 is 14.6 Å². The van der Waals surface area contributed by atoms with Crippen molar-refractivity contribution >= 4 is 29.1 Å². The molecule has 1 fully saturated rings. The second-order valence-electron chi connectivity index (χ2n) is 4.87. The normalized spacial score (nSPS) is 16.2. The van der Waals surface area contributed by atoms with E-state index in [2.05, 4.69) is 0 Å². The molecule has 0 spiro atoms. The smallest absolute Gasteiger partial charge is 0.260 e. The number of nitrogens with zero attached hydrogens (tertiary/aromatic N) is 1. The van der Waals surface area contributed by atoms with E-state index in [1.165, 1.54) is 0 Å². The number of piperidine rings is 1. The molecule has 6 heteroatoms. The average Bonchev–Trinajstić information content (AvgIpc) is 2.46. The van der Waals surface area contributed by atoms with E-state index in [0.29, 0.717) is 34.8 Å². The number of carbonyl (C=O) groups excluding carboxylic acids is 1. The summed E-state index contributed by atoms with van der Waals surface area (Å²) in [6, 6.07) is 4.89. The second-order valence-corrected chi connectivity index (χ2v) is 5.71. The molecule has 1 heterocycles. The molecule has 20 heavy (non-hydrogen) atoms. The molecule has 110 valence electrons. The van der Waals surface area contributed by atoms with Crippen LogP contribution in [0.4, 0.5) is 0 Å². The van der Waals surface area contributed by atoms with Crippen molar-refractivity contribution in [2.75, 3.05) is 26.3 Å². The minimum absolute atomic E-state index is 0.0366. The summed E-state index contributed by atoms with van der Waals surface area (Å²) in [7, 11) is 0. The van der Waals surface area contributed by atoms with Gasteiger partial charge in [0.15, 0.2) is 6.61 Å². The van der Waals surface area contributed by atoms with Gasteiger partial charge in [-0.1, -0.05) is 23.2 Å². The van der Waals surface area contributed by atoms with Gasteiger partial charge < -0.3 is 14.7 Å². The Bertz CT molecular complexity index is 473. The van der Waals surface area contributed by atoms with Crippen LogP contribution in [0.5, 0.6) is 5.75 Å². The van der Waals surface area contributed by atoms with Crippen LogP contribution >= 0.6 is 23.2 Å². The van der Waals surface area contributed by atoms with E-state index in [-0.39, 0.29) is 19.1 Å². The Balaban J connectivity index is 1.83. The topological polar surface area (TPSA) is 49.8 Å². The number of benzene rings is 1. The van der Waals surface area contributed by atoms with Crippen LogP contribution in [0.25, 0.3) is 0 Å². The first-order valence-corrected chi connectivity index (χ1v) is 7.32. The highest BCUT2D eigenvalue weighted by Crippen LogP contribution is 2.27. The lowest BCUT2D eigenvalue weighted by molar-refractivity contribution is -0.134. The number of carbonyl (C=O) groups is 1. The van der Waals surface area contributed by atoms with Crippen LogP contribution in [-0.2, 0) is 4.79 Å². The van der Waals surface area contributed by atoms with E-state index >= 15 is 0 Å². The lowest BCUT2D eigenvalue weighted by Crippen LogP contribution is -2.41. The van der Waals surface area contributed by atoms with Gasteiger partial charge in [-0.15, -0.1) is 0 Å². The molecule has 1 aliphatic heterocycles. The maximum absolute atomic E-state index is 12.0. The quantitative estimate of drug-likeness (QED) is 0.928. The van der Waals surface area contributed by atoms with Crippen LogP contribution in [0.1, 0.15) is 12.8 Å². The summed E-state index contributed by atoms with van der Waals surface area (Å²) in [5, 5.41) is 9.99. The minimum Gasteiger partial charge on any atom is -0.482 e. The van der Waals surface area contributed by atoms with Crippen molar-refractivity contribution in [3.63, 3.8) is 0 Å². The van der Waals surface area contributed by atoms with Gasteiger partial charge in [0.05, 0.1) is 5.02 Å². The minimum atomic E-state index is -0.0626. The second kappa shape index (κ2) is 7.16. The number of halogens is 2. The van der Waals surface area contributed by atoms with E-state index in [4.69, 9.17) is 33.0 Å². The van der Waals surface area contributed by atoms with E-state index in [0.717, 1.165) is 12.8 Å². The maximum Gasteiger partial charge on any atom is 0.260 e. The van der Waals surface area contributed by atoms with Crippen LogP contribution in [-0.4, -0.2) is 42.2 Å². The Kier molecular flexibility index (Phi) is 5.52. The van der Waals surface area contributed by atoms with Gasteiger partial charge in [0.1, 0.15) is 5.75 Å². The van der Waals surface area contributed by atoms with Gasteiger partial charge >= 0.3 is 0 Å². The Morgan fingerprint density at radius 3 is 2.65 bits per heavy atom. The molecule has 1 aromatic carbocycles. The molecule has 0 radical (unpaired) electrons. The first-order chi connectivity index (χ1) is 9.60. The summed E-state index contributed by atoms with van der Waals surface area (Å²) in [5.74, 6) is 0.702. The van der Waals surface area contributed by atoms with Crippen molar-refractivity contribution in [3.8, 4) is 5.75 Å². The molecule has 0 aromatic heterocycles. The molecule has 1 saturated heterocycles. The fraction of sp³-hybridized carbons (Fsp3) is 0.500. The standard InChI is InChI=1S/C14H17Cl2NO3/c15-11-1-2-13(12(16)7-11)20-9-14(19)17-5-3-10(8-18)4-6-17/h1-2,7,10,18H,3-6,8-9H2. The molecule has 1 N–H and O–H groups in total. The van der Waals surface area contributed by atoms with E-state index in [1.54, 1.807) is 23.1 Å². The fourth-order valence-corrected chi connectivity index (χ4v) is 2.65. The summed E-state index contributed by atoms with van der Waals surface area (Å²) in [6.07, 6.45) is 1.67.